The average Bonchev–Trinajstić information content (AvgIpc) is 2.67. The molecule has 1 aromatic carbocycles. The van der Waals surface area contributed by atoms with E-state index in [2.05, 4.69) is 10.6 Å². The third-order valence-corrected chi connectivity index (χ3v) is 5.02. The Hall–Kier alpha value is -1.59. The van der Waals surface area contributed by atoms with Crippen LogP contribution in [0.15, 0.2) is 24.3 Å². The van der Waals surface area contributed by atoms with Crippen molar-refractivity contribution in [1.29, 1.82) is 0 Å². The average molecular weight is 396 g/mol. The van der Waals surface area contributed by atoms with Crippen molar-refractivity contribution in [2.45, 2.75) is 70.8 Å². The van der Waals surface area contributed by atoms with E-state index in [0.29, 0.717) is 13.0 Å². The summed E-state index contributed by atoms with van der Waals surface area (Å²) >= 11 is 0. The van der Waals surface area contributed by atoms with Crippen LogP contribution in [0.5, 0.6) is 0 Å². The standard InChI is InChI=1S/C21H33N3O2.ClH/c22-14-7-2-1-6-13-20(25)23-16-17-9-8-12-19(15-17)24-21(26)18-10-4-3-5-11-18;/h8-9,12,15,18H,1-7,10-11,13-14,16,22H2,(H,23,25)(H,24,26);1H. The van der Waals surface area contributed by atoms with Gasteiger partial charge in [0.2, 0.25) is 11.8 Å². The van der Waals surface area contributed by atoms with Gasteiger partial charge in [-0.25, -0.2) is 0 Å². The Morgan fingerprint density at radius 2 is 1.78 bits per heavy atom. The Labute approximate surface area is 169 Å². The van der Waals surface area contributed by atoms with Gasteiger partial charge in [-0.1, -0.05) is 44.2 Å². The van der Waals surface area contributed by atoms with Gasteiger partial charge in [-0.3, -0.25) is 9.59 Å². The predicted molar refractivity (Wildman–Crippen MR) is 113 cm³/mol. The van der Waals surface area contributed by atoms with E-state index in [-0.39, 0.29) is 30.1 Å². The minimum absolute atomic E-state index is 0. The molecule has 4 N–H and O–H groups in total. The van der Waals surface area contributed by atoms with E-state index in [4.69, 9.17) is 5.73 Å². The topological polar surface area (TPSA) is 84.2 Å². The van der Waals surface area contributed by atoms with Crippen molar-refractivity contribution in [1.82, 2.24) is 5.32 Å². The molecule has 0 heterocycles. The highest BCUT2D eigenvalue weighted by atomic mass is 35.5. The predicted octanol–water partition coefficient (Wildman–Crippen LogP) is 4.15. The molecule has 2 rings (SSSR count). The third-order valence-electron chi connectivity index (χ3n) is 5.02. The number of unbranched alkanes of at least 4 members (excludes halogenated alkanes) is 3. The summed E-state index contributed by atoms with van der Waals surface area (Å²) < 4.78 is 0. The molecular weight excluding hydrogens is 362 g/mol. The largest absolute Gasteiger partial charge is 0.352 e. The number of carbonyl (C=O) groups excluding carboxylic acids is 2. The Morgan fingerprint density at radius 1 is 1.04 bits per heavy atom. The SMILES string of the molecule is Cl.NCCCCCCC(=O)NCc1cccc(NC(=O)C2CCCCC2)c1. The molecule has 0 spiro atoms. The van der Waals surface area contributed by atoms with Crippen LogP contribution in [0.3, 0.4) is 0 Å². The minimum Gasteiger partial charge on any atom is -0.352 e. The van der Waals surface area contributed by atoms with Gasteiger partial charge in [-0.2, -0.15) is 0 Å². The van der Waals surface area contributed by atoms with Crippen LogP contribution in [-0.4, -0.2) is 18.4 Å². The number of anilines is 1. The molecule has 1 aliphatic carbocycles. The normalized spacial score (nSPS) is 14.3. The Balaban J connectivity index is 0.00000364. The molecule has 0 aliphatic heterocycles. The number of amides is 2. The van der Waals surface area contributed by atoms with E-state index in [1.807, 2.05) is 24.3 Å². The molecule has 0 saturated heterocycles. The van der Waals surface area contributed by atoms with Gasteiger partial charge in [0.25, 0.3) is 0 Å². The maximum absolute atomic E-state index is 12.3. The number of hydrogen-bond donors (Lipinski definition) is 3. The van der Waals surface area contributed by atoms with Crippen molar-refractivity contribution in [2.75, 3.05) is 11.9 Å². The molecule has 5 nitrogen and oxygen atoms in total. The number of benzene rings is 1. The summed E-state index contributed by atoms with van der Waals surface area (Å²) in [7, 11) is 0. The lowest BCUT2D eigenvalue weighted by Gasteiger charge is -2.20. The molecule has 152 valence electrons. The Kier molecular flexibility index (Phi) is 11.8. The summed E-state index contributed by atoms with van der Waals surface area (Å²) in [5.41, 5.74) is 7.28. The zero-order chi connectivity index (χ0) is 18.6. The van der Waals surface area contributed by atoms with Gasteiger partial charge in [0.05, 0.1) is 0 Å². The van der Waals surface area contributed by atoms with Crippen molar-refractivity contribution in [3.63, 3.8) is 0 Å². The molecular formula is C21H34ClN3O2. The van der Waals surface area contributed by atoms with Crippen LogP contribution in [0.1, 0.15) is 69.8 Å². The summed E-state index contributed by atoms with van der Waals surface area (Å²) in [5.74, 6) is 0.351. The van der Waals surface area contributed by atoms with Gasteiger partial charge < -0.3 is 16.4 Å². The second-order valence-corrected chi connectivity index (χ2v) is 7.25. The Bertz CT molecular complexity index is 574. The third kappa shape index (κ3) is 9.25. The summed E-state index contributed by atoms with van der Waals surface area (Å²) in [6, 6.07) is 7.74. The van der Waals surface area contributed by atoms with E-state index in [9.17, 15) is 9.59 Å². The fourth-order valence-electron chi connectivity index (χ4n) is 3.44. The zero-order valence-corrected chi connectivity index (χ0v) is 17.0. The van der Waals surface area contributed by atoms with E-state index >= 15 is 0 Å². The second kappa shape index (κ2) is 13.6. The summed E-state index contributed by atoms with van der Waals surface area (Å²) in [5, 5.41) is 5.99. The highest BCUT2D eigenvalue weighted by Gasteiger charge is 2.21. The molecule has 1 aromatic rings. The van der Waals surface area contributed by atoms with Crippen molar-refractivity contribution in [3.8, 4) is 0 Å². The highest BCUT2D eigenvalue weighted by Crippen LogP contribution is 2.25. The molecule has 1 aliphatic rings. The summed E-state index contributed by atoms with van der Waals surface area (Å²) in [6.07, 6.45) is 10.2. The van der Waals surface area contributed by atoms with E-state index < -0.39 is 0 Å². The molecule has 1 saturated carbocycles. The van der Waals surface area contributed by atoms with Gasteiger partial charge in [0, 0.05) is 24.6 Å². The quantitative estimate of drug-likeness (QED) is 0.520. The number of hydrogen-bond acceptors (Lipinski definition) is 3. The lowest BCUT2D eigenvalue weighted by molar-refractivity contribution is -0.121. The van der Waals surface area contributed by atoms with E-state index in [1.54, 1.807) is 0 Å². The number of nitrogens with two attached hydrogens (primary N) is 1. The first-order valence-electron chi connectivity index (χ1n) is 10.1. The van der Waals surface area contributed by atoms with Crippen LogP contribution in [0.4, 0.5) is 5.69 Å². The first-order chi connectivity index (χ1) is 12.7. The number of halogens is 1. The van der Waals surface area contributed by atoms with Gasteiger partial charge in [0.15, 0.2) is 0 Å². The molecule has 0 bridgehead atoms. The Morgan fingerprint density at radius 3 is 2.52 bits per heavy atom. The van der Waals surface area contributed by atoms with Crippen molar-refractivity contribution in [2.24, 2.45) is 11.7 Å². The van der Waals surface area contributed by atoms with Crippen LogP contribution < -0.4 is 16.4 Å². The molecule has 0 atom stereocenters. The first-order valence-corrected chi connectivity index (χ1v) is 10.1. The number of nitrogens with one attached hydrogen (secondary N) is 2. The first kappa shape index (κ1) is 23.4. The van der Waals surface area contributed by atoms with Crippen LogP contribution in [0.2, 0.25) is 0 Å². The van der Waals surface area contributed by atoms with Crippen molar-refractivity contribution >= 4 is 29.9 Å². The molecule has 6 heteroatoms. The monoisotopic (exact) mass is 395 g/mol. The van der Waals surface area contributed by atoms with Crippen LogP contribution in [0, 0.1) is 5.92 Å². The minimum atomic E-state index is 0. The zero-order valence-electron chi connectivity index (χ0n) is 16.2. The maximum Gasteiger partial charge on any atom is 0.227 e. The molecule has 1 fully saturated rings. The fourth-order valence-corrected chi connectivity index (χ4v) is 3.44. The fraction of sp³-hybridized carbons (Fsp3) is 0.619. The molecule has 0 radical (unpaired) electrons. The lowest BCUT2D eigenvalue weighted by Crippen LogP contribution is -2.25. The maximum atomic E-state index is 12.3. The highest BCUT2D eigenvalue weighted by molar-refractivity contribution is 5.92. The van der Waals surface area contributed by atoms with Gasteiger partial charge in [-0.15, -0.1) is 12.4 Å². The van der Waals surface area contributed by atoms with Crippen LogP contribution in [-0.2, 0) is 16.1 Å². The van der Waals surface area contributed by atoms with Gasteiger partial charge >= 0.3 is 0 Å². The summed E-state index contributed by atoms with van der Waals surface area (Å²) in [6.45, 7) is 1.22. The van der Waals surface area contributed by atoms with Crippen LogP contribution >= 0.6 is 12.4 Å². The molecule has 0 aromatic heterocycles. The van der Waals surface area contributed by atoms with E-state index in [1.165, 1.54) is 6.42 Å². The van der Waals surface area contributed by atoms with Crippen molar-refractivity contribution in [3.05, 3.63) is 29.8 Å². The molecule has 27 heavy (non-hydrogen) atoms. The number of rotatable bonds is 10. The van der Waals surface area contributed by atoms with Gasteiger partial charge in [0.1, 0.15) is 0 Å². The smallest absolute Gasteiger partial charge is 0.227 e. The van der Waals surface area contributed by atoms with Crippen LogP contribution in [0.25, 0.3) is 0 Å². The lowest BCUT2D eigenvalue weighted by atomic mass is 9.88. The van der Waals surface area contributed by atoms with E-state index in [0.717, 1.165) is 69.2 Å². The number of carbonyl (C=O) groups is 2. The van der Waals surface area contributed by atoms with Crippen molar-refractivity contribution < 1.29 is 9.59 Å². The molecule has 2 amide bonds. The summed E-state index contributed by atoms with van der Waals surface area (Å²) in [4.78, 5) is 24.3. The molecule has 0 unspecified atom stereocenters. The second-order valence-electron chi connectivity index (χ2n) is 7.25. The van der Waals surface area contributed by atoms with Gasteiger partial charge in [-0.05, 0) is 49.9 Å².